The van der Waals surface area contributed by atoms with E-state index in [0.717, 1.165) is 18.7 Å². The van der Waals surface area contributed by atoms with Crippen LogP contribution in [0.15, 0.2) is 30.5 Å². The first kappa shape index (κ1) is 19.9. The van der Waals surface area contributed by atoms with Crippen LogP contribution < -0.4 is 11.1 Å². The van der Waals surface area contributed by atoms with Gasteiger partial charge < -0.3 is 16.0 Å². The van der Waals surface area contributed by atoms with Crippen molar-refractivity contribution in [1.82, 2.24) is 15.2 Å². The van der Waals surface area contributed by atoms with Crippen molar-refractivity contribution in [2.75, 3.05) is 25.4 Å². The molecule has 3 heterocycles. The van der Waals surface area contributed by atoms with Crippen molar-refractivity contribution in [1.29, 1.82) is 0 Å². The second-order valence-electron chi connectivity index (χ2n) is 6.10. The smallest absolute Gasteiger partial charge is 0.266 e. The van der Waals surface area contributed by atoms with E-state index in [1.54, 1.807) is 6.07 Å². The molecule has 0 saturated carbocycles. The van der Waals surface area contributed by atoms with E-state index >= 15 is 0 Å². The number of amides is 1. The zero-order chi connectivity index (χ0) is 16.0. The van der Waals surface area contributed by atoms with Crippen LogP contribution in [0.2, 0.25) is 0 Å². The number of nitrogens with two attached hydrogens (primary N) is 1. The third-order valence-electron chi connectivity index (χ3n) is 4.75. The van der Waals surface area contributed by atoms with Crippen LogP contribution in [0, 0.1) is 17.7 Å². The third kappa shape index (κ3) is 3.60. The number of rotatable bonds is 2. The largest absolute Gasteiger partial charge is 0.375 e. The van der Waals surface area contributed by atoms with E-state index in [2.05, 4.69) is 10.3 Å². The summed E-state index contributed by atoms with van der Waals surface area (Å²) in [7, 11) is 0. The van der Waals surface area contributed by atoms with E-state index in [1.165, 1.54) is 29.7 Å². The van der Waals surface area contributed by atoms with E-state index < -0.39 is 0 Å². The number of carbonyl (C=O) groups excluding carboxylic acids is 1. The number of anilines is 1. The number of nitrogen functional groups attached to an aromatic ring is 1. The molecule has 0 aliphatic carbocycles. The number of fused-ring (bicyclic) bond motifs is 1. The number of halogens is 3. The molecule has 9 heteroatoms. The number of thiazole rings is 1. The Bertz CT molecular complexity index is 759. The topological polar surface area (TPSA) is 71.2 Å². The maximum Gasteiger partial charge on any atom is 0.266 e. The summed E-state index contributed by atoms with van der Waals surface area (Å²) in [5.74, 6) is 0.373. The zero-order valence-electron chi connectivity index (χ0n) is 13.2. The lowest BCUT2D eigenvalue weighted by Crippen LogP contribution is -2.34. The van der Waals surface area contributed by atoms with Gasteiger partial charge in [0.15, 0.2) is 5.13 Å². The van der Waals surface area contributed by atoms with Crippen LogP contribution in [0.25, 0.3) is 0 Å². The molecule has 0 radical (unpaired) electrons. The molecule has 1 aromatic heterocycles. The Morgan fingerprint density at radius 3 is 2.84 bits per heavy atom. The summed E-state index contributed by atoms with van der Waals surface area (Å²) < 4.78 is 13.7. The van der Waals surface area contributed by atoms with Crippen LogP contribution in [-0.2, 0) is 0 Å². The molecule has 3 N–H and O–H groups in total. The number of aromatic nitrogens is 1. The van der Waals surface area contributed by atoms with Gasteiger partial charge in [-0.05, 0) is 23.6 Å². The van der Waals surface area contributed by atoms with E-state index in [0.29, 0.717) is 28.4 Å². The quantitative estimate of drug-likeness (QED) is 0.806. The minimum absolute atomic E-state index is 0. The van der Waals surface area contributed by atoms with Gasteiger partial charge in [0.25, 0.3) is 5.91 Å². The molecule has 0 bridgehead atoms. The van der Waals surface area contributed by atoms with E-state index in [4.69, 9.17) is 5.73 Å². The lowest BCUT2D eigenvalue weighted by atomic mass is 9.89. The average molecular weight is 405 g/mol. The van der Waals surface area contributed by atoms with Crippen molar-refractivity contribution < 1.29 is 9.18 Å². The molecule has 136 valence electrons. The molecule has 3 atom stereocenters. The van der Waals surface area contributed by atoms with Crippen LogP contribution >= 0.6 is 36.2 Å². The predicted molar refractivity (Wildman–Crippen MR) is 101 cm³/mol. The number of nitrogens with one attached hydrogen (secondary N) is 1. The van der Waals surface area contributed by atoms with Gasteiger partial charge in [-0.2, -0.15) is 0 Å². The van der Waals surface area contributed by atoms with Crippen LogP contribution in [0.5, 0.6) is 0 Å². The van der Waals surface area contributed by atoms with Crippen LogP contribution in [0.1, 0.15) is 21.3 Å². The summed E-state index contributed by atoms with van der Waals surface area (Å²) >= 11 is 1.20. The van der Waals surface area contributed by atoms with Gasteiger partial charge in [-0.3, -0.25) is 4.79 Å². The molecule has 5 nitrogen and oxygen atoms in total. The van der Waals surface area contributed by atoms with E-state index in [9.17, 15) is 9.18 Å². The number of likely N-dealkylation sites (tertiary alicyclic amines) is 1. The van der Waals surface area contributed by atoms with Crippen molar-refractivity contribution in [3.8, 4) is 0 Å². The summed E-state index contributed by atoms with van der Waals surface area (Å²) in [6, 6.07) is 6.45. The highest BCUT2D eigenvalue weighted by Gasteiger charge is 2.47. The van der Waals surface area contributed by atoms with Crippen molar-refractivity contribution in [3.63, 3.8) is 0 Å². The van der Waals surface area contributed by atoms with E-state index in [1.807, 2.05) is 11.0 Å². The zero-order valence-corrected chi connectivity index (χ0v) is 15.7. The maximum absolute atomic E-state index is 13.7. The highest BCUT2D eigenvalue weighted by molar-refractivity contribution is 7.17. The Hall–Kier alpha value is -1.41. The van der Waals surface area contributed by atoms with Crippen LogP contribution in [0.4, 0.5) is 9.52 Å². The van der Waals surface area contributed by atoms with Gasteiger partial charge in [0.1, 0.15) is 10.7 Å². The van der Waals surface area contributed by atoms with E-state index in [-0.39, 0.29) is 42.6 Å². The molecule has 25 heavy (non-hydrogen) atoms. The fourth-order valence-corrected chi connectivity index (χ4v) is 4.42. The van der Waals surface area contributed by atoms with Crippen molar-refractivity contribution in [2.45, 2.75) is 6.04 Å². The van der Waals surface area contributed by atoms with Gasteiger partial charge in [0.05, 0.1) is 12.2 Å². The Balaban J connectivity index is 0.00000113. The predicted octanol–water partition coefficient (Wildman–Crippen LogP) is 2.74. The molecule has 2 aromatic rings. The summed E-state index contributed by atoms with van der Waals surface area (Å²) in [4.78, 5) is 19.3. The summed E-state index contributed by atoms with van der Waals surface area (Å²) in [5.41, 5.74) is 6.50. The monoisotopic (exact) mass is 404 g/mol. The first-order valence-corrected chi connectivity index (χ1v) is 8.43. The van der Waals surface area contributed by atoms with Crippen LogP contribution in [-0.4, -0.2) is 35.4 Å². The van der Waals surface area contributed by atoms with Gasteiger partial charge in [0.2, 0.25) is 0 Å². The highest BCUT2D eigenvalue weighted by atomic mass is 35.5. The lowest BCUT2D eigenvalue weighted by Gasteiger charge is -2.28. The van der Waals surface area contributed by atoms with Gasteiger partial charge in [0, 0.05) is 25.6 Å². The molecular formula is C16H19Cl2FN4OS. The third-order valence-corrected chi connectivity index (χ3v) is 5.56. The van der Waals surface area contributed by atoms with Crippen molar-refractivity contribution in [3.05, 3.63) is 46.7 Å². The number of hydrogen-bond donors (Lipinski definition) is 2. The maximum atomic E-state index is 13.7. The highest BCUT2D eigenvalue weighted by Crippen LogP contribution is 2.43. The Morgan fingerprint density at radius 2 is 2.16 bits per heavy atom. The molecule has 1 aromatic carbocycles. The standard InChI is InChI=1S/C16H17FN4OS.2ClH/c17-11-3-1-2-9(4-11)14-12-6-19-5-10(12)8-21(14)15(22)13-7-20-16(18)23-13;;/h1-4,7,10,12,14,19H,5-6,8H2,(H2,18,20);2*1H/t10-,12-,14-;;/m0../s1. The molecule has 2 saturated heterocycles. The molecule has 0 spiro atoms. The summed E-state index contributed by atoms with van der Waals surface area (Å²) in [5, 5.41) is 3.77. The SMILES string of the molecule is Cl.Cl.Nc1ncc(C(=O)N2C[C@@H]3CNC[C@@H]3[C@@H]2c2cccc(F)c2)s1. The number of benzene rings is 1. The lowest BCUT2D eigenvalue weighted by molar-refractivity contribution is 0.0718. The summed E-state index contributed by atoms with van der Waals surface area (Å²) in [6.07, 6.45) is 1.53. The Kier molecular flexibility index (Phi) is 6.26. The number of nitrogens with zero attached hydrogens (tertiary/aromatic N) is 2. The Morgan fingerprint density at radius 1 is 1.36 bits per heavy atom. The van der Waals surface area contributed by atoms with Gasteiger partial charge in [-0.15, -0.1) is 24.8 Å². The van der Waals surface area contributed by atoms with Gasteiger partial charge in [-0.1, -0.05) is 23.5 Å². The van der Waals surface area contributed by atoms with Crippen molar-refractivity contribution in [2.24, 2.45) is 11.8 Å². The number of hydrogen-bond acceptors (Lipinski definition) is 5. The van der Waals surface area contributed by atoms with Gasteiger partial charge in [-0.25, -0.2) is 9.37 Å². The summed E-state index contributed by atoms with van der Waals surface area (Å²) in [6.45, 7) is 2.42. The molecular weight excluding hydrogens is 386 g/mol. The van der Waals surface area contributed by atoms with Gasteiger partial charge >= 0.3 is 0 Å². The first-order chi connectivity index (χ1) is 11.1. The second-order valence-corrected chi connectivity index (χ2v) is 7.16. The van der Waals surface area contributed by atoms with Crippen LogP contribution in [0.3, 0.4) is 0 Å². The molecule has 0 unspecified atom stereocenters. The second kappa shape index (κ2) is 7.86. The molecule has 4 rings (SSSR count). The minimum atomic E-state index is -0.272. The molecule has 2 fully saturated rings. The van der Waals surface area contributed by atoms with Crippen molar-refractivity contribution >= 4 is 47.2 Å². The molecule has 2 aliphatic rings. The Labute approximate surface area is 161 Å². The normalized spacial score (nSPS) is 24.4. The molecule has 1 amide bonds. The molecule has 2 aliphatic heterocycles. The minimum Gasteiger partial charge on any atom is -0.375 e. The fraction of sp³-hybridized carbons (Fsp3) is 0.375. The number of carbonyl (C=O) groups is 1. The first-order valence-electron chi connectivity index (χ1n) is 7.62. The fourth-order valence-electron chi connectivity index (χ4n) is 3.78. The average Bonchev–Trinajstić information content (AvgIpc) is 3.21.